The van der Waals surface area contributed by atoms with E-state index in [1.54, 1.807) is 0 Å². The SMILES string of the molecule is [2H]c1c([2H])c([2H])c(OC([2H])([2H])[2H])c(F)c1[2H]. The lowest BCUT2D eigenvalue weighted by atomic mass is 10.3. The van der Waals surface area contributed by atoms with Gasteiger partial charge in [-0.1, -0.05) is 12.1 Å². The van der Waals surface area contributed by atoms with Gasteiger partial charge in [0.15, 0.2) is 11.6 Å². The first-order chi connectivity index (χ1) is 7.15. The number of rotatable bonds is 1. The van der Waals surface area contributed by atoms with Crippen LogP contribution < -0.4 is 4.74 Å². The van der Waals surface area contributed by atoms with Crippen LogP contribution in [0.25, 0.3) is 0 Å². The molecule has 0 heterocycles. The van der Waals surface area contributed by atoms with Gasteiger partial charge >= 0.3 is 0 Å². The van der Waals surface area contributed by atoms with Gasteiger partial charge in [0.25, 0.3) is 0 Å². The van der Waals surface area contributed by atoms with Crippen LogP contribution >= 0.6 is 0 Å². The van der Waals surface area contributed by atoms with Gasteiger partial charge in [-0.15, -0.1) is 0 Å². The highest BCUT2D eigenvalue weighted by molar-refractivity contribution is 5.23. The Morgan fingerprint density at radius 1 is 1.67 bits per heavy atom. The molecule has 0 aliphatic carbocycles. The van der Waals surface area contributed by atoms with Crippen LogP contribution in [-0.2, 0) is 0 Å². The summed E-state index contributed by atoms with van der Waals surface area (Å²) in [5, 5.41) is 0. The van der Waals surface area contributed by atoms with Crippen molar-refractivity contribution in [2.75, 3.05) is 7.04 Å². The molecule has 0 aliphatic heterocycles. The van der Waals surface area contributed by atoms with Crippen LogP contribution in [0.3, 0.4) is 0 Å². The van der Waals surface area contributed by atoms with E-state index in [0.717, 1.165) is 0 Å². The Bertz CT molecular complexity index is 399. The van der Waals surface area contributed by atoms with Crippen LogP contribution in [0.4, 0.5) is 4.39 Å². The molecule has 0 aromatic heterocycles. The zero-order chi connectivity index (χ0) is 12.7. The molecule has 9 heavy (non-hydrogen) atoms. The summed E-state index contributed by atoms with van der Waals surface area (Å²) in [6, 6.07) is -3.33. The molecular weight excluding hydrogens is 119 g/mol. The minimum atomic E-state index is -2.97. The summed E-state index contributed by atoms with van der Waals surface area (Å²) in [7, 11) is -2.97. The number of hydrogen-bond donors (Lipinski definition) is 0. The molecule has 0 atom stereocenters. The van der Waals surface area contributed by atoms with Crippen molar-refractivity contribution in [1.29, 1.82) is 0 Å². The zero-order valence-corrected chi connectivity index (χ0v) is 4.29. The Morgan fingerprint density at radius 2 is 2.44 bits per heavy atom. The lowest BCUT2D eigenvalue weighted by Crippen LogP contribution is -1.85. The van der Waals surface area contributed by atoms with Crippen molar-refractivity contribution in [2.24, 2.45) is 0 Å². The third-order valence-corrected chi connectivity index (χ3v) is 0.712. The predicted molar refractivity (Wildman–Crippen MR) is 33.0 cm³/mol. The molecular formula is C7H7FO. The normalized spacial score (nSPS) is 21.7. The maximum absolute atomic E-state index is 13.3. The van der Waals surface area contributed by atoms with Gasteiger partial charge in [-0.2, -0.15) is 0 Å². The predicted octanol–water partition coefficient (Wildman–Crippen LogP) is 1.83. The Morgan fingerprint density at radius 3 is 3.22 bits per heavy atom. The maximum atomic E-state index is 13.3. The average molecular weight is 133 g/mol. The molecule has 2 heteroatoms. The lowest BCUT2D eigenvalue weighted by Gasteiger charge is -1.97. The van der Waals surface area contributed by atoms with Gasteiger partial charge in [-0.25, -0.2) is 4.39 Å². The standard InChI is InChI=1S/C7H7FO/c1-9-7-5-3-2-4-6(7)8/h2-5H,1H3/i1D3,2D,3D,4D,5D. The van der Waals surface area contributed by atoms with E-state index >= 15 is 0 Å². The van der Waals surface area contributed by atoms with E-state index in [2.05, 4.69) is 4.74 Å². The van der Waals surface area contributed by atoms with E-state index in [4.69, 9.17) is 9.60 Å². The van der Waals surface area contributed by atoms with E-state index in [1.165, 1.54) is 0 Å². The smallest absolute Gasteiger partial charge is 0.165 e. The number of halogens is 1. The van der Waals surface area contributed by atoms with Crippen molar-refractivity contribution >= 4 is 0 Å². The van der Waals surface area contributed by atoms with E-state index < -0.39 is 42.8 Å². The maximum Gasteiger partial charge on any atom is 0.165 e. The van der Waals surface area contributed by atoms with Gasteiger partial charge in [0, 0.05) is 0 Å². The van der Waals surface area contributed by atoms with Crippen molar-refractivity contribution < 1.29 is 18.7 Å². The molecule has 0 spiro atoms. The average Bonchev–Trinajstić information content (AvgIpc) is 2.17. The van der Waals surface area contributed by atoms with Crippen molar-refractivity contribution in [1.82, 2.24) is 0 Å². The molecule has 0 fully saturated rings. The molecule has 0 saturated heterocycles. The second-order valence-electron chi connectivity index (χ2n) is 1.25. The third kappa shape index (κ3) is 1.19. The van der Waals surface area contributed by atoms with E-state index in [-0.39, 0.29) is 0 Å². The van der Waals surface area contributed by atoms with Gasteiger partial charge < -0.3 is 4.74 Å². The molecule has 1 nitrogen and oxygen atoms in total. The van der Waals surface area contributed by atoms with E-state index in [9.17, 15) is 4.39 Å². The minimum Gasteiger partial charge on any atom is -0.494 e. The molecule has 0 amide bonds. The molecule has 0 N–H and O–H groups in total. The summed E-state index contributed by atoms with van der Waals surface area (Å²) in [5.41, 5.74) is 0. The summed E-state index contributed by atoms with van der Waals surface area (Å²) >= 11 is 0. The van der Waals surface area contributed by atoms with Gasteiger partial charge in [0.1, 0.15) is 0 Å². The first-order valence-corrected chi connectivity index (χ1v) is 2.10. The van der Waals surface area contributed by atoms with Crippen LogP contribution in [0.2, 0.25) is 0 Å². The fourth-order valence-corrected chi connectivity index (χ4v) is 0.356. The number of hydrogen-bond acceptors (Lipinski definition) is 1. The lowest BCUT2D eigenvalue weighted by molar-refractivity contribution is 0.386. The molecule has 1 aromatic carbocycles. The summed E-state index contributed by atoms with van der Waals surface area (Å²) in [6.07, 6.45) is 0. The van der Waals surface area contributed by atoms with Crippen LogP contribution in [0.15, 0.2) is 24.2 Å². The van der Waals surface area contributed by atoms with Crippen LogP contribution in [-0.4, -0.2) is 7.04 Å². The molecule has 1 rings (SSSR count). The molecule has 0 saturated carbocycles. The first-order valence-electron chi connectivity index (χ1n) is 5.60. The minimum absolute atomic E-state index is 0.745. The van der Waals surface area contributed by atoms with Crippen LogP contribution in [0.5, 0.6) is 5.75 Å². The topological polar surface area (TPSA) is 9.23 Å². The van der Waals surface area contributed by atoms with Crippen LogP contribution in [0.1, 0.15) is 9.60 Å². The second kappa shape index (κ2) is 2.49. The summed E-state index contributed by atoms with van der Waals surface area (Å²) in [5.74, 6) is -2.41. The number of para-hydroxylation sites is 1. The van der Waals surface area contributed by atoms with Crippen LogP contribution in [0, 0.1) is 5.82 Å². The molecule has 48 valence electrons. The first kappa shape index (κ1) is 1.72. The van der Waals surface area contributed by atoms with Gasteiger partial charge in [-0.05, 0) is 12.1 Å². The Hall–Kier alpha value is -1.05. The highest BCUT2D eigenvalue weighted by atomic mass is 19.1. The van der Waals surface area contributed by atoms with Crippen molar-refractivity contribution in [3.8, 4) is 5.75 Å². The van der Waals surface area contributed by atoms with Crippen molar-refractivity contribution in [2.45, 2.75) is 0 Å². The van der Waals surface area contributed by atoms with E-state index in [1.807, 2.05) is 0 Å². The van der Waals surface area contributed by atoms with E-state index in [0.29, 0.717) is 0 Å². The molecule has 1 aromatic rings. The Kier molecular flexibility index (Phi) is 0.474. The van der Waals surface area contributed by atoms with Gasteiger partial charge in [0.2, 0.25) is 0 Å². The number of methoxy groups -OCH3 is 1. The second-order valence-corrected chi connectivity index (χ2v) is 1.25. The highest BCUT2D eigenvalue weighted by Gasteiger charge is 1.95. The monoisotopic (exact) mass is 133 g/mol. The summed E-state index contributed by atoms with van der Waals surface area (Å²) in [4.78, 5) is 0. The van der Waals surface area contributed by atoms with Crippen molar-refractivity contribution in [3.63, 3.8) is 0 Å². The quantitative estimate of drug-likeness (QED) is 0.568. The molecule has 0 bridgehead atoms. The highest BCUT2D eigenvalue weighted by Crippen LogP contribution is 2.13. The number of benzene rings is 1. The Balaban J connectivity index is 3.40. The zero-order valence-electron chi connectivity index (χ0n) is 11.3. The third-order valence-electron chi connectivity index (χ3n) is 0.712. The van der Waals surface area contributed by atoms with Gasteiger partial charge in [0.05, 0.1) is 16.6 Å². The largest absolute Gasteiger partial charge is 0.494 e. The van der Waals surface area contributed by atoms with Gasteiger partial charge in [-0.3, -0.25) is 0 Å². The fourth-order valence-electron chi connectivity index (χ4n) is 0.356. The molecule has 0 unspecified atom stereocenters. The molecule has 0 radical (unpaired) electrons. The summed E-state index contributed by atoms with van der Waals surface area (Å²) < 4.78 is 66.5. The van der Waals surface area contributed by atoms with Crippen molar-refractivity contribution in [3.05, 3.63) is 30.0 Å². The fraction of sp³-hybridized carbons (Fsp3) is 0.143. The summed E-state index contributed by atoms with van der Waals surface area (Å²) in [6.45, 7) is 0. The Labute approximate surface area is 62.9 Å². The number of ether oxygens (including phenoxy) is 1. The molecule has 0 aliphatic rings.